The van der Waals surface area contributed by atoms with Crippen LogP contribution in [0.3, 0.4) is 0 Å². The van der Waals surface area contributed by atoms with E-state index in [1.807, 2.05) is 30.0 Å². The maximum Gasteiger partial charge on any atom is 0.312 e. The summed E-state index contributed by atoms with van der Waals surface area (Å²) in [5, 5.41) is 7.00. The molecule has 1 aromatic carbocycles. The standard InChI is InChI=1S/C24H35N3O3S/c1-3-30-22(29)24(11-7-10-19-8-5-4-6-9-19)12-14-27(15-13-24)21(28)17-20-16-18(2)25-23(31)26-20/h4-6,8-9,18,20H,3,7,10-17H2,1-2H3,(H2,25,26,31)/t18-,20+/m1/s1. The lowest BCUT2D eigenvalue weighted by Crippen LogP contribution is -2.55. The summed E-state index contributed by atoms with van der Waals surface area (Å²) in [6, 6.07) is 10.7. The Bertz CT molecular complexity index is 763. The summed E-state index contributed by atoms with van der Waals surface area (Å²) in [4.78, 5) is 27.7. The quantitative estimate of drug-likeness (QED) is 0.473. The molecule has 0 aromatic heterocycles. The lowest BCUT2D eigenvalue weighted by atomic mass is 9.74. The molecule has 0 aliphatic carbocycles. The molecule has 1 amide bonds. The van der Waals surface area contributed by atoms with E-state index in [4.69, 9.17) is 17.0 Å². The van der Waals surface area contributed by atoms with Crippen molar-refractivity contribution in [3.8, 4) is 0 Å². The lowest BCUT2D eigenvalue weighted by Gasteiger charge is -2.41. The second kappa shape index (κ2) is 10.9. The van der Waals surface area contributed by atoms with Gasteiger partial charge < -0.3 is 20.3 Å². The third kappa shape index (κ3) is 6.42. The lowest BCUT2D eigenvalue weighted by molar-refractivity contribution is -0.161. The fraction of sp³-hybridized carbons (Fsp3) is 0.625. The van der Waals surface area contributed by atoms with Gasteiger partial charge in [0.25, 0.3) is 0 Å². The van der Waals surface area contributed by atoms with Crippen molar-refractivity contribution < 1.29 is 14.3 Å². The maximum absolute atomic E-state index is 12.9. The van der Waals surface area contributed by atoms with Crippen LogP contribution >= 0.6 is 12.2 Å². The van der Waals surface area contributed by atoms with E-state index >= 15 is 0 Å². The SMILES string of the molecule is CCOC(=O)C1(CCCc2ccccc2)CCN(C(=O)C[C@@H]2C[C@@H](C)NC(=S)N2)CC1. The van der Waals surface area contributed by atoms with Gasteiger partial charge in [-0.2, -0.15) is 0 Å². The number of esters is 1. The molecule has 0 unspecified atom stereocenters. The van der Waals surface area contributed by atoms with Gasteiger partial charge in [0.2, 0.25) is 5.91 Å². The number of carbonyl (C=O) groups excluding carboxylic acids is 2. The van der Waals surface area contributed by atoms with E-state index in [9.17, 15) is 9.59 Å². The number of nitrogens with one attached hydrogen (secondary N) is 2. The van der Waals surface area contributed by atoms with Crippen LogP contribution in [0.2, 0.25) is 0 Å². The number of piperidine rings is 1. The minimum absolute atomic E-state index is 0.0684. The number of likely N-dealkylation sites (tertiary alicyclic amines) is 1. The predicted octanol–water partition coefficient (Wildman–Crippen LogP) is 3.20. The summed E-state index contributed by atoms with van der Waals surface area (Å²) in [6.45, 7) is 5.53. The molecule has 0 saturated carbocycles. The van der Waals surface area contributed by atoms with Crippen molar-refractivity contribution in [3.05, 3.63) is 35.9 Å². The van der Waals surface area contributed by atoms with Gasteiger partial charge in [0.15, 0.2) is 5.11 Å². The smallest absolute Gasteiger partial charge is 0.312 e. The summed E-state index contributed by atoms with van der Waals surface area (Å²) in [5.41, 5.74) is 0.806. The Labute approximate surface area is 191 Å². The number of benzene rings is 1. The van der Waals surface area contributed by atoms with E-state index in [1.165, 1.54) is 5.56 Å². The van der Waals surface area contributed by atoms with Crippen molar-refractivity contribution in [1.82, 2.24) is 15.5 Å². The number of aryl methyl sites for hydroxylation is 1. The van der Waals surface area contributed by atoms with E-state index in [0.29, 0.717) is 44.1 Å². The molecule has 2 fully saturated rings. The highest BCUT2D eigenvalue weighted by molar-refractivity contribution is 7.80. The highest BCUT2D eigenvalue weighted by Gasteiger charge is 2.43. The third-order valence-corrected chi connectivity index (χ3v) is 6.75. The number of carbonyl (C=O) groups is 2. The topological polar surface area (TPSA) is 70.7 Å². The molecule has 3 rings (SSSR count). The molecule has 6 nitrogen and oxygen atoms in total. The molecule has 2 heterocycles. The first-order chi connectivity index (χ1) is 14.9. The van der Waals surface area contributed by atoms with E-state index < -0.39 is 5.41 Å². The van der Waals surface area contributed by atoms with E-state index in [-0.39, 0.29) is 24.0 Å². The zero-order chi connectivity index (χ0) is 22.3. The van der Waals surface area contributed by atoms with Crippen molar-refractivity contribution in [2.45, 2.75) is 70.9 Å². The van der Waals surface area contributed by atoms with Gasteiger partial charge in [-0.15, -0.1) is 0 Å². The van der Waals surface area contributed by atoms with E-state index in [0.717, 1.165) is 25.7 Å². The van der Waals surface area contributed by atoms with Crippen LogP contribution in [0.15, 0.2) is 30.3 Å². The first kappa shape index (κ1) is 23.5. The van der Waals surface area contributed by atoms with Crippen LogP contribution in [0.4, 0.5) is 0 Å². The summed E-state index contributed by atoms with van der Waals surface area (Å²) >= 11 is 5.23. The normalized spacial score (nSPS) is 22.9. The van der Waals surface area contributed by atoms with E-state index in [1.54, 1.807) is 0 Å². The van der Waals surface area contributed by atoms with Crippen molar-refractivity contribution in [2.75, 3.05) is 19.7 Å². The Morgan fingerprint density at radius 3 is 2.55 bits per heavy atom. The van der Waals surface area contributed by atoms with Crippen LogP contribution in [0.1, 0.15) is 57.9 Å². The molecule has 2 aliphatic rings. The third-order valence-electron chi connectivity index (χ3n) is 6.52. The summed E-state index contributed by atoms with van der Waals surface area (Å²) < 4.78 is 5.45. The van der Waals surface area contributed by atoms with E-state index in [2.05, 4.69) is 29.7 Å². The zero-order valence-corrected chi connectivity index (χ0v) is 19.5. The van der Waals surface area contributed by atoms with Gasteiger partial charge in [-0.25, -0.2) is 0 Å². The Hall–Kier alpha value is -2.15. The van der Waals surface area contributed by atoms with Crippen molar-refractivity contribution in [1.29, 1.82) is 0 Å². The molecule has 1 aromatic rings. The maximum atomic E-state index is 12.9. The Balaban J connectivity index is 1.55. The van der Waals surface area contributed by atoms with Crippen molar-refractivity contribution in [2.24, 2.45) is 5.41 Å². The fourth-order valence-corrected chi connectivity index (χ4v) is 5.14. The van der Waals surface area contributed by atoms with Gasteiger partial charge in [0, 0.05) is 31.6 Å². The summed E-state index contributed by atoms with van der Waals surface area (Å²) in [7, 11) is 0. The summed E-state index contributed by atoms with van der Waals surface area (Å²) in [5.74, 6) is 0.0329. The molecule has 2 saturated heterocycles. The highest BCUT2D eigenvalue weighted by atomic mass is 32.1. The van der Waals surface area contributed by atoms with Gasteiger partial charge in [-0.1, -0.05) is 30.3 Å². The zero-order valence-electron chi connectivity index (χ0n) is 18.7. The van der Waals surface area contributed by atoms with Crippen LogP contribution in [-0.2, 0) is 20.7 Å². The van der Waals surface area contributed by atoms with Gasteiger partial charge in [0.1, 0.15) is 0 Å². The molecule has 0 bridgehead atoms. The molecule has 31 heavy (non-hydrogen) atoms. The Kier molecular flexibility index (Phi) is 8.29. The van der Waals surface area contributed by atoms with Crippen LogP contribution in [-0.4, -0.2) is 53.7 Å². The molecule has 0 spiro atoms. The second-order valence-electron chi connectivity index (χ2n) is 8.88. The molecule has 170 valence electrons. The molecule has 2 atom stereocenters. The average molecular weight is 446 g/mol. The van der Waals surface area contributed by atoms with Crippen molar-refractivity contribution >= 4 is 29.2 Å². The van der Waals surface area contributed by atoms with Crippen LogP contribution in [0.5, 0.6) is 0 Å². The average Bonchev–Trinajstić information content (AvgIpc) is 2.74. The first-order valence-corrected chi connectivity index (χ1v) is 11.9. The highest BCUT2D eigenvalue weighted by Crippen LogP contribution is 2.38. The van der Waals surface area contributed by atoms with Gasteiger partial charge in [-0.3, -0.25) is 9.59 Å². The second-order valence-corrected chi connectivity index (χ2v) is 9.28. The van der Waals surface area contributed by atoms with Crippen LogP contribution in [0, 0.1) is 5.41 Å². The molecular formula is C24H35N3O3S. The monoisotopic (exact) mass is 445 g/mol. The Morgan fingerprint density at radius 1 is 1.19 bits per heavy atom. The Morgan fingerprint density at radius 2 is 1.90 bits per heavy atom. The number of thiocarbonyl (C=S) groups is 1. The van der Waals surface area contributed by atoms with Crippen LogP contribution in [0.25, 0.3) is 0 Å². The molecular weight excluding hydrogens is 410 g/mol. The largest absolute Gasteiger partial charge is 0.466 e. The predicted molar refractivity (Wildman–Crippen MR) is 126 cm³/mol. The number of rotatable bonds is 8. The number of amides is 1. The minimum Gasteiger partial charge on any atom is -0.466 e. The summed E-state index contributed by atoms with van der Waals surface area (Å²) in [6.07, 6.45) is 5.32. The molecule has 2 aliphatic heterocycles. The molecule has 7 heteroatoms. The molecule has 0 radical (unpaired) electrons. The number of hydrogen-bond acceptors (Lipinski definition) is 4. The first-order valence-electron chi connectivity index (χ1n) is 11.5. The van der Waals surface area contributed by atoms with Gasteiger partial charge in [-0.05, 0) is 70.2 Å². The number of hydrogen-bond donors (Lipinski definition) is 2. The van der Waals surface area contributed by atoms with Gasteiger partial charge in [0.05, 0.1) is 12.0 Å². The molecule has 2 N–H and O–H groups in total. The number of ether oxygens (including phenoxy) is 1. The van der Waals surface area contributed by atoms with Gasteiger partial charge >= 0.3 is 5.97 Å². The fourth-order valence-electron chi connectivity index (χ4n) is 4.77. The minimum atomic E-state index is -0.481. The van der Waals surface area contributed by atoms with Crippen LogP contribution < -0.4 is 10.6 Å². The number of nitrogens with zero attached hydrogens (tertiary/aromatic N) is 1. The van der Waals surface area contributed by atoms with Crippen molar-refractivity contribution in [3.63, 3.8) is 0 Å².